The van der Waals surface area contributed by atoms with E-state index in [0.717, 1.165) is 36.5 Å². The number of hydrogen-bond donors (Lipinski definition) is 1. The van der Waals surface area contributed by atoms with Crippen LogP contribution in [0.25, 0.3) is 16.7 Å². The molecular formula is C22H26F2N6O2. The molecule has 32 heavy (non-hydrogen) atoms. The van der Waals surface area contributed by atoms with Crippen molar-refractivity contribution in [2.45, 2.75) is 39.7 Å². The topological polar surface area (TPSA) is 85.2 Å². The van der Waals surface area contributed by atoms with Crippen molar-refractivity contribution in [1.82, 2.24) is 24.4 Å². The molecular weight excluding hydrogens is 418 g/mol. The van der Waals surface area contributed by atoms with E-state index in [2.05, 4.69) is 25.2 Å². The molecule has 170 valence electrons. The molecule has 1 amide bonds. The number of nitrogens with one attached hydrogen (secondary N) is 1. The van der Waals surface area contributed by atoms with Crippen LogP contribution in [0.2, 0.25) is 0 Å². The standard InChI is InChI=1S/C22H26F2N6O2/c1-4-16-9-20(28-21(27-16)22(3,23)24)30-13-15(12-29-5-7-32-8-6-29)17-11-25-19(10-18(17)30)26-14(2)31/h9-11,13H,4-8,12H2,1-3H3,(H,25,26,31). The van der Waals surface area contributed by atoms with Gasteiger partial charge in [0.05, 0.1) is 18.7 Å². The van der Waals surface area contributed by atoms with Gasteiger partial charge in [0.1, 0.15) is 11.6 Å². The summed E-state index contributed by atoms with van der Waals surface area (Å²) in [6, 6.07) is 3.45. The van der Waals surface area contributed by atoms with Gasteiger partial charge < -0.3 is 14.6 Å². The first-order chi connectivity index (χ1) is 15.2. The monoisotopic (exact) mass is 444 g/mol. The predicted octanol–water partition coefficient (Wildman–Crippen LogP) is 3.28. The number of rotatable bonds is 6. The van der Waals surface area contributed by atoms with Gasteiger partial charge in [0.2, 0.25) is 11.7 Å². The zero-order valence-electron chi connectivity index (χ0n) is 18.4. The molecule has 1 fully saturated rings. The molecule has 1 saturated heterocycles. The third-order valence-corrected chi connectivity index (χ3v) is 5.34. The van der Waals surface area contributed by atoms with Gasteiger partial charge in [-0.1, -0.05) is 6.92 Å². The third kappa shape index (κ3) is 4.76. The Morgan fingerprint density at radius 2 is 2.00 bits per heavy atom. The number of carbonyl (C=O) groups is 1. The summed E-state index contributed by atoms with van der Waals surface area (Å²) in [5, 5.41) is 3.55. The van der Waals surface area contributed by atoms with Crippen LogP contribution in [-0.4, -0.2) is 56.6 Å². The maximum Gasteiger partial charge on any atom is 0.303 e. The molecule has 1 aliphatic heterocycles. The smallest absolute Gasteiger partial charge is 0.303 e. The number of ether oxygens (including phenoxy) is 1. The zero-order chi connectivity index (χ0) is 22.9. The second kappa shape index (κ2) is 8.87. The summed E-state index contributed by atoms with van der Waals surface area (Å²) in [5.41, 5.74) is 2.24. The Balaban J connectivity index is 1.86. The first kappa shape index (κ1) is 22.2. The van der Waals surface area contributed by atoms with Gasteiger partial charge >= 0.3 is 5.92 Å². The minimum Gasteiger partial charge on any atom is -0.379 e. The van der Waals surface area contributed by atoms with Gasteiger partial charge in [-0.3, -0.25) is 9.69 Å². The van der Waals surface area contributed by atoms with Gasteiger partial charge in [-0.05, 0) is 12.0 Å². The van der Waals surface area contributed by atoms with E-state index in [1.807, 2.05) is 13.1 Å². The fourth-order valence-electron chi connectivity index (χ4n) is 3.73. The summed E-state index contributed by atoms with van der Waals surface area (Å²) < 4.78 is 35.4. The quantitative estimate of drug-likeness (QED) is 0.628. The minimum absolute atomic E-state index is 0.244. The molecule has 1 aliphatic rings. The zero-order valence-corrected chi connectivity index (χ0v) is 18.4. The number of anilines is 1. The van der Waals surface area contributed by atoms with E-state index >= 15 is 0 Å². The first-order valence-electron chi connectivity index (χ1n) is 10.6. The summed E-state index contributed by atoms with van der Waals surface area (Å²) in [5.74, 6) is -3.19. The fourth-order valence-corrected chi connectivity index (χ4v) is 3.73. The Kier molecular flexibility index (Phi) is 6.16. The number of fused-ring (bicyclic) bond motifs is 1. The Labute approximate surface area is 184 Å². The summed E-state index contributed by atoms with van der Waals surface area (Å²) >= 11 is 0. The number of aromatic nitrogens is 4. The maximum absolute atomic E-state index is 14.1. The van der Waals surface area contributed by atoms with Crippen LogP contribution in [0.4, 0.5) is 14.6 Å². The van der Waals surface area contributed by atoms with Crippen LogP contribution in [-0.2, 0) is 28.4 Å². The molecule has 4 rings (SSSR count). The largest absolute Gasteiger partial charge is 0.379 e. The van der Waals surface area contributed by atoms with Crippen molar-refractivity contribution in [3.8, 4) is 5.82 Å². The number of hydrogen-bond acceptors (Lipinski definition) is 6. The van der Waals surface area contributed by atoms with Gasteiger partial charge in [0.15, 0.2) is 0 Å². The van der Waals surface area contributed by atoms with E-state index in [9.17, 15) is 13.6 Å². The summed E-state index contributed by atoms with van der Waals surface area (Å²) in [6.07, 6.45) is 4.10. The van der Waals surface area contributed by atoms with Crippen LogP contribution in [0.15, 0.2) is 24.5 Å². The van der Waals surface area contributed by atoms with Crippen molar-refractivity contribution in [2.24, 2.45) is 0 Å². The Bertz CT molecular complexity index is 1140. The molecule has 1 N–H and O–H groups in total. The van der Waals surface area contributed by atoms with E-state index in [1.54, 1.807) is 22.9 Å². The number of amides is 1. The van der Waals surface area contributed by atoms with Gasteiger partial charge in [-0.2, -0.15) is 8.78 Å². The second-order valence-electron chi connectivity index (χ2n) is 7.96. The van der Waals surface area contributed by atoms with Gasteiger partial charge in [0, 0.05) is 69.1 Å². The van der Waals surface area contributed by atoms with E-state index in [-0.39, 0.29) is 5.91 Å². The lowest BCUT2D eigenvalue weighted by atomic mass is 10.2. The molecule has 10 heteroatoms. The number of nitrogens with zero attached hydrogens (tertiary/aromatic N) is 5. The highest BCUT2D eigenvalue weighted by atomic mass is 19.3. The van der Waals surface area contributed by atoms with Crippen LogP contribution in [0.3, 0.4) is 0 Å². The van der Waals surface area contributed by atoms with Crippen molar-refractivity contribution in [3.63, 3.8) is 0 Å². The number of aryl methyl sites for hydroxylation is 1. The molecule has 0 bridgehead atoms. The Morgan fingerprint density at radius 1 is 1.25 bits per heavy atom. The van der Waals surface area contributed by atoms with E-state index in [1.165, 1.54) is 6.92 Å². The highest BCUT2D eigenvalue weighted by Gasteiger charge is 2.29. The molecule has 4 heterocycles. The maximum atomic E-state index is 14.1. The molecule has 0 unspecified atom stereocenters. The summed E-state index contributed by atoms with van der Waals surface area (Å²) in [7, 11) is 0. The van der Waals surface area contributed by atoms with Crippen molar-refractivity contribution >= 4 is 22.6 Å². The van der Waals surface area contributed by atoms with E-state index < -0.39 is 11.7 Å². The van der Waals surface area contributed by atoms with Gasteiger partial charge in [-0.25, -0.2) is 15.0 Å². The highest BCUT2D eigenvalue weighted by Crippen LogP contribution is 2.29. The van der Waals surface area contributed by atoms with Gasteiger partial charge in [-0.15, -0.1) is 0 Å². The second-order valence-corrected chi connectivity index (χ2v) is 7.96. The predicted molar refractivity (Wildman–Crippen MR) is 116 cm³/mol. The molecule has 0 atom stereocenters. The van der Waals surface area contributed by atoms with Crippen LogP contribution < -0.4 is 5.32 Å². The average Bonchev–Trinajstić information content (AvgIpc) is 3.10. The Hall–Kier alpha value is -2.98. The van der Waals surface area contributed by atoms with Crippen LogP contribution >= 0.6 is 0 Å². The lowest BCUT2D eigenvalue weighted by Crippen LogP contribution is -2.35. The van der Waals surface area contributed by atoms with Crippen molar-refractivity contribution in [1.29, 1.82) is 0 Å². The Morgan fingerprint density at radius 3 is 2.66 bits per heavy atom. The number of alkyl halides is 2. The van der Waals surface area contributed by atoms with Crippen LogP contribution in [0.1, 0.15) is 37.9 Å². The van der Waals surface area contributed by atoms with Crippen molar-refractivity contribution < 1.29 is 18.3 Å². The lowest BCUT2D eigenvalue weighted by molar-refractivity contribution is -0.114. The molecule has 8 nitrogen and oxygen atoms in total. The van der Waals surface area contributed by atoms with Crippen LogP contribution in [0, 0.1) is 0 Å². The molecule has 0 aromatic carbocycles. The molecule has 0 aliphatic carbocycles. The van der Waals surface area contributed by atoms with Crippen molar-refractivity contribution in [2.75, 3.05) is 31.6 Å². The molecule has 3 aromatic heterocycles. The number of pyridine rings is 1. The fraction of sp³-hybridized carbons (Fsp3) is 0.455. The van der Waals surface area contributed by atoms with E-state index in [4.69, 9.17) is 4.74 Å². The first-order valence-corrected chi connectivity index (χ1v) is 10.6. The number of halogens is 2. The third-order valence-electron chi connectivity index (χ3n) is 5.34. The SMILES string of the molecule is CCc1cc(-n2cc(CN3CCOCC3)c3cnc(NC(C)=O)cc32)nc(C(C)(F)F)n1. The highest BCUT2D eigenvalue weighted by molar-refractivity contribution is 5.92. The molecule has 3 aromatic rings. The minimum atomic E-state index is -3.16. The average molecular weight is 444 g/mol. The van der Waals surface area contributed by atoms with Gasteiger partial charge in [0.25, 0.3) is 0 Å². The lowest BCUT2D eigenvalue weighted by Gasteiger charge is -2.26. The number of morpholine rings is 1. The normalized spacial score (nSPS) is 15.3. The molecule has 0 spiro atoms. The summed E-state index contributed by atoms with van der Waals surface area (Å²) in [4.78, 5) is 26.4. The van der Waals surface area contributed by atoms with E-state index in [0.29, 0.717) is 43.5 Å². The summed E-state index contributed by atoms with van der Waals surface area (Å²) in [6.45, 7) is 7.68. The molecule has 0 saturated carbocycles. The number of carbonyl (C=O) groups excluding carboxylic acids is 1. The van der Waals surface area contributed by atoms with Crippen LogP contribution in [0.5, 0.6) is 0 Å². The van der Waals surface area contributed by atoms with Crippen molar-refractivity contribution in [3.05, 3.63) is 41.6 Å². The molecule has 0 radical (unpaired) electrons.